The molecule has 0 N–H and O–H groups in total. The van der Waals surface area contributed by atoms with E-state index in [4.69, 9.17) is 0 Å². The lowest BCUT2D eigenvalue weighted by atomic mass is 9.87. The van der Waals surface area contributed by atoms with Crippen LogP contribution in [-0.2, 0) is 26.4 Å². The van der Waals surface area contributed by atoms with Gasteiger partial charge in [0.25, 0.3) is 0 Å². The molecular weight excluding hydrogens is 448 g/mol. The van der Waals surface area contributed by atoms with Gasteiger partial charge in [0.2, 0.25) is 0 Å². The highest BCUT2D eigenvalue weighted by Crippen LogP contribution is 2.37. The van der Waals surface area contributed by atoms with Crippen molar-refractivity contribution in [3.63, 3.8) is 0 Å². The zero-order chi connectivity index (χ0) is 23.9. The molecular formula is C28H28O3S2. The highest BCUT2D eigenvalue weighted by atomic mass is 32.2. The first-order chi connectivity index (χ1) is 15.7. The molecule has 0 amide bonds. The predicted octanol–water partition coefficient (Wildman–Crippen LogP) is 6.67. The molecule has 3 nitrogen and oxygen atoms in total. The van der Waals surface area contributed by atoms with E-state index in [1.807, 2.05) is 0 Å². The second-order valence-electron chi connectivity index (χ2n) is 8.45. The van der Waals surface area contributed by atoms with Gasteiger partial charge in [0.1, 0.15) is 10.1 Å². The van der Waals surface area contributed by atoms with Crippen LogP contribution >= 0.6 is 0 Å². The van der Waals surface area contributed by atoms with Crippen LogP contribution in [0.15, 0.2) is 135 Å². The van der Waals surface area contributed by atoms with E-state index >= 15 is 0 Å². The molecule has 0 unspecified atom stereocenters. The molecule has 33 heavy (non-hydrogen) atoms. The van der Waals surface area contributed by atoms with Crippen molar-refractivity contribution in [3.8, 4) is 0 Å². The van der Waals surface area contributed by atoms with Crippen molar-refractivity contribution >= 4 is 21.0 Å². The number of rotatable bonds is 4. The molecule has 0 aromatic heterocycles. The third-order valence-electron chi connectivity index (χ3n) is 4.90. The lowest BCUT2D eigenvalue weighted by Crippen LogP contribution is -2.17. The third kappa shape index (κ3) is 6.81. The van der Waals surface area contributed by atoms with Gasteiger partial charge in [-0.3, -0.25) is 0 Å². The standard InChI is InChI=1S/C22H23S.C6H6O3S/c1-22(2,3)20-16-10-11-17-21(20)23(18-12-6-4-7-13-18)19-14-8-5-9-15-19;7-10(8,9)6-4-2-1-3-5-6/h4-17H,1-3H3;1-5H,(H,7,8,9)/q+1;/p-1. The maximum absolute atomic E-state index is 10.3. The van der Waals surface area contributed by atoms with Crippen LogP contribution in [0.4, 0.5) is 0 Å². The van der Waals surface area contributed by atoms with Crippen molar-refractivity contribution in [2.45, 2.75) is 45.8 Å². The molecule has 0 spiro atoms. The lowest BCUT2D eigenvalue weighted by Gasteiger charge is -2.22. The fourth-order valence-corrected chi connectivity index (χ4v) is 6.29. The van der Waals surface area contributed by atoms with Crippen molar-refractivity contribution in [2.24, 2.45) is 0 Å². The molecule has 0 aliphatic carbocycles. The zero-order valence-corrected chi connectivity index (χ0v) is 20.6. The molecule has 170 valence electrons. The van der Waals surface area contributed by atoms with Crippen LogP contribution in [0.25, 0.3) is 0 Å². The number of benzene rings is 4. The smallest absolute Gasteiger partial charge is 0.170 e. The predicted molar refractivity (Wildman–Crippen MR) is 135 cm³/mol. The molecule has 0 radical (unpaired) electrons. The number of hydrogen-bond acceptors (Lipinski definition) is 3. The molecule has 0 atom stereocenters. The topological polar surface area (TPSA) is 57.2 Å². The molecule has 0 saturated heterocycles. The van der Waals surface area contributed by atoms with E-state index in [1.165, 1.54) is 44.5 Å². The summed E-state index contributed by atoms with van der Waals surface area (Å²) in [5.74, 6) is 0. The minimum atomic E-state index is -4.25. The summed E-state index contributed by atoms with van der Waals surface area (Å²) >= 11 is 0. The number of hydrogen-bond donors (Lipinski definition) is 0. The Kier molecular flexibility index (Phi) is 8.14. The monoisotopic (exact) mass is 476 g/mol. The van der Waals surface area contributed by atoms with Crippen LogP contribution in [0.5, 0.6) is 0 Å². The highest BCUT2D eigenvalue weighted by molar-refractivity contribution is 7.97. The Morgan fingerprint density at radius 2 is 1.00 bits per heavy atom. The molecule has 4 aromatic carbocycles. The van der Waals surface area contributed by atoms with Crippen LogP contribution in [0.2, 0.25) is 0 Å². The van der Waals surface area contributed by atoms with E-state index in [0.29, 0.717) is 0 Å². The first kappa shape index (κ1) is 24.8. The Balaban J connectivity index is 0.000000257. The van der Waals surface area contributed by atoms with E-state index in [-0.39, 0.29) is 21.2 Å². The molecule has 0 saturated carbocycles. The molecule has 0 aliphatic rings. The van der Waals surface area contributed by atoms with Gasteiger partial charge in [-0.2, -0.15) is 0 Å². The second-order valence-corrected chi connectivity index (χ2v) is 11.8. The van der Waals surface area contributed by atoms with Gasteiger partial charge in [-0.15, -0.1) is 0 Å². The molecule has 0 fully saturated rings. The Labute approximate surface area is 200 Å². The summed E-state index contributed by atoms with van der Waals surface area (Å²) in [6, 6.07) is 37.8. The minimum Gasteiger partial charge on any atom is -0.744 e. The zero-order valence-electron chi connectivity index (χ0n) is 19.0. The minimum absolute atomic E-state index is 0.0727. The quantitative estimate of drug-likeness (QED) is 0.244. The maximum atomic E-state index is 10.3. The SMILES string of the molecule is CC(C)(C)c1ccccc1[S+](c1ccccc1)c1ccccc1.O=S(=O)([O-])c1ccccc1. The van der Waals surface area contributed by atoms with Crippen LogP contribution < -0.4 is 0 Å². The van der Waals surface area contributed by atoms with Crippen LogP contribution in [-0.4, -0.2) is 13.0 Å². The largest absolute Gasteiger partial charge is 0.744 e. The van der Waals surface area contributed by atoms with Gasteiger partial charge in [0, 0.05) is 5.56 Å². The first-order valence-electron chi connectivity index (χ1n) is 10.6. The van der Waals surface area contributed by atoms with Crippen LogP contribution in [0, 0.1) is 0 Å². The van der Waals surface area contributed by atoms with Crippen molar-refractivity contribution in [1.82, 2.24) is 0 Å². The van der Waals surface area contributed by atoms with Crippen LogP contribution in [0.1, 0.15) is 26.3 Å². The molecule has 4 rings (SSSR count). The third-order valence-corrected chi connectivity index (χ3v) is 8.04. The van der Waals surface area contributed by atoms with E-state index in [0.717, 1.165) is 0 Å². The Bertz CT molecular complexity index is 1210. The van der Waals surface area contributed by atoms with Crippen molar-refractivity contribution in [1.29, 1.82) is 0 Å². The first-order valence-corrected chi connectivity index (χ1v) is 13.3. The summed E-state index contributed by atoms with van der Waals surface area (Å²) in [5, 5.41) is 0. The van der Waals surface area contributed by atoms with Gasteiger partial charge in [-0.25, -0.2) is 8.42 Å². The van der Waals surface area contributed by atoms with Gasteiger partial charge >= 0.3 is 0 Å². The summed E-state index contributed by atoms with van der Waals surface area (Å²) in [7, 11) is -4.33. The van der Waals surface area contributed by atoms with Gasteiger partial charge in [0.05, 0.1) is 15.8 Å². The van der Waals surface area contributed by atoms with Gasteiger partial charge in [-0.1, -0.05) is 93.6 Å². The van der Waals surface area contributed by atoms with E-state index < -0.39 is 10.1 Å². The average Bonchev–Trinajstić information content (AvgIpc) is 2.81. The lowest BCUT2D eigenvalue weighted by molar-refractivity contribution is 0.463. The van der Waals surface area contributed by atoms with Crippen molar-refractivity contribution < 1.29 is 13.0 Å². The summed E-state index contributed by atoms with van der Waals surface area (Å²) in [4.78, 5) is 3.98. The highest BCUT2D eigenvalue weighted by Gasteiger charge is 2.33. The normalized spacial score (nSPS) is 11.5. The molecule has 0 bridgehead atoms. The molecule has 0 aliphatic heterocycles. The fraction of sp³-hybridized carbons (Fsp3) is 0.143. The van der Waals surface area contributed by atoms with Crippen molar-refractivity contribution in [3.05, 3.63) is 121 Å². The summed E-state index contributed by atoms with van der Waals surface area (Å²) < 4.78 is 30.8. The van der Waals surface area contributed by atoms with Crippen LogP contribution in [0.3, 0.4) is 0 Å². The van der Waals surface area contributed by atoms with Gasteiger partial charge in [-0.05, 0) is 47.9 Å². The molecule has 0 heterocycles. The second kappa shape index (κ2) is 10.8. The summed E-state index contributed by atoms with van der Waals surface area (Å²) in [6.45, 7) is 6.88. The Hall–Kier alpha value is -2.86. The summed E-state index contributed by atoms with van der Waals surface area (Å²) in [5.41, 5.74) is 1.56. The fourth-order valence-electron chi connectivity index (χ4n) is 3.35. The van der Waals surface area contributed by atoms with E-state index in [2.05, 4.69) is 106 Å². The van der Waals surface area contributed by atoms with Gasteiger partial charge < -0.3 is 4.55 Å². The average molecular weight is 477 g/mol. The van der Waals surface area contributed by atoms with E-state index in [1.54, 1.807) is 6.07 Å². The van der Waals surface area contributed by atoms with E-state index in [9.17, 15) is 13.0 Å². The maximum Gasteiger partial charge on any atom is 0.170 e. The molecule has 5 heteroatoms. The van der Waals surface area contributed by atoms with Crippen molar-refractivity contribution in [2.75, 3.05) is 0 Å². The summed E-state index contributed by atoms with van der Waals surface area (Å²) in [6.07, 6.45) is 0. The molecule has 4 aromatic rings. The Morgan fingerprint density at radius 1 is 0.606 bits per heavy atom. The Morgan fingerprint density at radius 3 is 1.39 bits per heavy atom. The van der Waals surface area contributed by atoms with Gasteiger partial charge in [0.15, 0.2) is 14.7 Å².